The van der Waals surface area contributed by atoms with Crippen molar-refractivity contribution >= 4 is 11.6 Å². The van der Waals surface area contributed by atoms with E-state index in [0.717, 1.165) is 18.2 Å². The summed E-state index contributed by atoms with van der Waals surface area (Å²) in [5, 5.41) is 6.07. The lowest BCUT2D eigenvalue weighted by molar-refractivity contribution is 0.0937. The summed E-state index contributed by atoms with van der Waals surface area (Å²) in [6.45, 7) is 3.08. The number of nitrogens with zero attached hydrogens (tertiary/aromatic N) is 1. The monoisotopic (exact) mass is 261 g/mol. The highest BCUT2D eigenvalue weighted by Crippen LogP contribution is 2.28. The first-order chi connectivity index (χ1) is 9.22. The first-order valence-electron chi connectivity index (χ1n) is 7.12. The van der Waals surface area contributed by atoms with Crippen molar-refractivity contribution in [2.24, 2.45) is 11.8 Å². The summed E-state index contributed by atoms with van der Waals surface area (Å²) in [6, 6.07) is 1.76. The van der Waals surface area contributed by atoms with E-state index >= 15 is 0 Å². The molecule has 2 unspecified atom stereocenters. The first-order valence-corrected chi connectivity index (χ1v) is 7.12. The van der Waals surface area contributed by atoms with Crippen molar-refractivity contribution in [1.82, 2.24) is 10.3 Å². The Balaban J connectivity index is 1.93. The summed E-state index contributed by atoms with van der Waals surface area (Å²) in [7, 11) is 1.80. The molecular weight excluding hydrogens is 238 g/mol. The van der Waals surface area contributed by atoms with E-state index in [1.54, 1.807) is 25.5 Å². The summed E-state index contributed by atoms with van der Waals surface area (Å²) in [5.74, 6) is 1.33. The minimum atomic E-state index is -0.00970. The van der Waals surface area contributed by atoms with E-state index in [1.165, 1.54) is 25.7 Å². The van der Waals surface area contributed by atoms with Gasteiger partial charge in [-0.15, -0.1) is 0 Å². The van der Waals surface area contributed by atoms with Gasteiger partial charge < -0.3 is 10.6 Å². The molecule has 0 bridgehead atoms. The Morgan fingerprint density at radius 2 is 2.21 bits per heavy atom. The molecule has 1 amide bonds. The Hall–Kier alpha value is -1.58. The fourth-order valence-corrected chi connectivity index (χ4v) is 2.81. The van der Waals surface area contributed by atoms with Crippen molar-refractivity contribution in [3.05, 3.63) is 24.0 Å². The molecule has 104 valence electrons. The van der Waals surface area contributed by atoms with Gasteiger partial charge in [-0.25, -0.2) is 0 Å². The molecule has 0 aliphatic heterocycles. The summed E-state index contributed by atoms with van der Waals surface area (Å²) in [5.41, 5.74) is 1.44. The Labute approximate surface area is 115 Å². The van der Waals surface area contributed by atoms with Gasteiger partial charge in [0.2, 0.25) is 0 Å². The van der Waals surface area contributed by atoms with Gasteiger partial charge in [-0.2, -0.15) is 0 Å². The third kappa shape index (κ3) is 3.46. The molecule has 0 aromatic carbocycles. The van der Waals surface area contributed by atoms with Crippen LogP contribution in [-0.2, 0) is 0 Å². The highest BCUT2D eigenvalue weighted by molar-refractivity contribution is 5.99. The number of aromatic nitrogens is 1. The molecule has 4 heteroatoms. The molecule has 0 saturated heterocycles. The van der Waals surface area contributed by atoms with Crippen LogP contribution in [0.5, 0.6) is 0 Å². The van der Waals surface area contributed by atoms with Crippen LogP contribution in [0, 0.1) is 11.8 Å². The second kappa shape index (κ2) is 6.55. The van der Waals surface area contributed by atoms with Gasteiger partial charge in [0, 0.05) is 19.8 Å². The van der Waals surface area contributed by atoms with Crippen molar-refractivity contribution in [2.75, 3.05) is 18.9 Å². The van der Waals surface area contributed by atoms with Gasteiger partial charge >= 0.3 is 0 Å². The number of rotatable bonds is 4. The number of carbonyl (C=O) groups is 1. The van der Waals surface area contributed by atoms with Crippen LogP contribution >= 0.6 is 0 Å². The molecule has 2 N–H and O–H groups in total. The van der Waals surface area contributed by atoms with Crippen LogP contribution in [0.1, 0.15) is 43.0 Å². The third-order valence-electron chi connectivity index (χ3n) is 4.15. The van der Waals surface area contributed by atoms with Gasteiger partial charge in [0.15, 0.2) is 0 Å². The lowest BCUT2D eigenvalue weighted by atomic mass is 9.80. The predicted octanol–water partition coefficient (Wildman–Crippen LogP) is 2.68. The lowest BCUT2D eigenvalue weighted by Crippen LogP contribution is -2.33. The molecule has 2 atom stereocenters. The molecule has 19 heavy (non-hydrogen) atoms. The summed E-state index contributed by atoms with van der Waals surface area (Å²) >= 11 is 0. The molecule has 1 aromatic heterocycles. The molecule has 2 rings (SSSR count). The molecule has 1 saturated carbocycles. The second-order valence-electron chi connectivity index (χ2n) is 5.40. The minimum Gasteiger partial charge on any atom is -0.386 e. The zero-order valence-corrected chi connectivity index (χ0v) is 11.8. The maximum atomic E-state index is 12.2. The predicted molar refractivity (Wildman–Crippen MR) is 77.2 cm³/mol. The maximum Gasteiger partial charge on any atom is 0.253 e. The minimum absolute atomic E-state index is 0.00970. The van der Waals surface area contributed by atoms with E-state index in [-0.39, 0.29) is 5.91 Å². The number of amides is 1. The van der Waals surface area contributed by atoms with E-state index in [2.05, 4.69) is 22.5 Å². The van der Waals surface area contributed by atoms with Crippen molar-refractivity contribution in [3.63, 3.8) is 0 Å². The van der Waals surface area contributed by atoms with Crippen LogP contribution in [0.4, 0.5) is 5.69 Å². The standard InChI is InChI=1S/C15H23N3O/c1-11-5-3-4-6-12(11)9-18-15(19)13-7-8-17-10-14(13)16-2/h7-8,10-12,16H,3-6,9H2,1-2H3,(H,18,19). The third-order valence-corrected chi connectivity index (χ3v) is 4.15. The zero-order valence-electron chi connectivity index (χ0n) is 11.8. The second-order valence-corrected chi connectivity index (χ2v) is 5.40. The van der Waals surface area contributed by atoms with E-state index < -0.39 is 0 Å². The van der Waals surface area contributed by atoms with Crippen molar-refractivity contribution in [2.45, 2.75) is 32.6 Å². The summed E-state index contributed by atoms with van der Waals surface area (Å²) in [4.78, 5) is 16.2. The van der Waals surface area contributed by atoms with Gasteiger partial charge in [0.05, 0.1) is 17.4 Å². The fraction of sp³-hybridized carbons (Fsp3) is 0.600. The molecule has 1 fully saturated rings. The molecule has 4 nitrogen and oxygen atoms in total. The zero-order chi connectivity index (χ0) is 13.7. The number of hydrogen-bond acceptors (Lipinski definition) is 3. The van der Waals surface area contributed by atoms with E-state index in [9.17, 15) is 4.79 Å². The van der Waals surface area contributed by atoms with Crippen LogP contribution in [0.15, 0.2) is 18.5 Å². The Morgan fingerprint density at radius 3 is 2.95 bits per heavy atom. The van der Waals surface area contributed by atoms with Crippen LogP contribution < -0.4 is 10.6 Å². The fourth-order valence-electron chi connectivity index (χ4n) is 2.81. The lowest BCUT2D eigenvalue weighted by Gasteiger charge is -2.28. The van der Waals surface area contributed by atoms with Crippen LogP contribution in [0.25, 0.3) is 0 Å². The van der Waals surface area contributed by atoms with E-state index in [4.69, 9.17) is 0 Å². The molecular formula is C15H23N3O. The topological polar surface area (TPSA) is 54.0 Å². The number of hydrogen-bond donors (Lipinski definition) is 2. The number of carbonyl (C=O) groups excluding carboxylic acids is 1. The van der Waals surface area contributed by atoms with Crippen molar-refractivity contribution < 1.29 is 4.79 Å². The van der Waals surface area contributed by atoms with E-state index in [1.807, 2.05) is 0 Å². The van der Waals surface area contributed by atoms with Gasteiger partial charge in [0.25, 0.3) is 5.91 Å². The van der Waals surface area contributed by atoms with Crippen molar-refractivity contribution in [3.8, 4) is 0 Å². The maximum absolute atomic E-state index is 12.2. The normalized spacial score (nSPS) is 22.8. The summed E-state index contributed by atoms with van der Waals surface area (Å²) in [6.07, 6.45) is 8.48. The highest BCUT2D eigenvalue weighted by atomic mass is 16.1. The smallest absolute Gasteiger partial charge is 0.253 e. The van der Waals surface area contributed by atoms with Gasteiger partial charge in [-0.1, -0.05) is 26.2 Å². The Bertz CT molecular complexity index is 433. The Kier molecular flexibility index (Phi) is 4.77. The van der Waals surface area contributed by atoms with Crippen molar-refractivity contribution in [1.29, 1.82) is 0 Å². The van der Waals surface area contributed by atoms with E-state index in [0.29, 0.717) is 11.5 Å². The van der Waals surface area contributed by atoms with Crippen LogP contribution in [0.3, 0.4) is 0 Å². The first kappa shape index (κ1) is 13.8. The average Bonchev–Trinajstić information content (AvgIpc) is 2.46. The molecule has 1 aliphatic rings. The van der Waals surface area contributed by atoms with Gasteiger partial charge in [-0.3, -0.25) is 9.78 Å². The number of nitrogens with one attached hydrogen (secondary N) is 2. The Morgan fingerprint density at radius 1 is 1.42 bits per heavy atom. The van der Waals surface area contributed by atoms with Crippen LogP contribution in [0.2, 0.25) is 0 Å². The molecule has 0 radical (unpaired) electrons. The van der Waals surface area contributed by atoms with Crippen LogP contribution in [-0.4, -0.2) is 24.5 Å². The van der Waals surface area contributed by atoms with Gasteiger partial charge in [0.1, 0.15) is 0 Å². The molecule has 1 heterocycles. The molecule has 1 aromatic rings. The SMILES string of the molecule is CNc1cnccc1C(=O)NCC1CCCCC1C. The summed E-state index contributed by atoms with van der Waals surface area (Å²) < 4.78 is 0. The number of pyridine rings is 1. The molecule has 1 aliphatic carbocycles. The highest BCUT2D eigenvalue weighted by Gasteiger charge is 2.22. The largest absolute Gasteiger partial charge is 0.386 e. The molecule has 0 spiro atoms. The van der Waals surface area contributed by atoms with Gasteiger partial charge in [-0.05, 0) is 24.3 Å². The number of anilines is 1. The average molecular weight is 261 g/mol. The quantitative estimate of drug-likeness (QED) is 0.876.